The lowest BCUT2D eigenvalue weighted by atomic mass is 9.85. The number of fused-ring (bicyclic) bond motifs is 1. The molecule has 2 amide bonds. The van der Waals surface area contributed by atoms with Gasteiger partial charge in [-0.1, -0.05) is 18.1 Å². The Labute approximate surface area is 70.0 Å². The summed E-state index contributed by atoms with van der Waals surface area (Å²) in [6, 6.07) is 0. The molecule has 2 rings (SSSR count). The van der Waals surface area contributed by atoms with Gasteiger partial charge in [0.25, 0.3) is 0 Å². The summed E-state index contributed by atoms with van der Waals surface area (Å²) in [7, 11) is 0. The topological polar surface area (TPSA) is 37.4 Å². The second kappa shape index (κ2) is 2.21. The van der Waals surface area contributed by atoms with Crippen molar-refractivity contribution in [1.82, 2.24) is 4.90 Å². The van der Waals surface area contributed by atoms with Crippen molar-refractivity contribution in [2.75, 3.05) is 6.54 Å². The van der Waals surface area contributed by atoms with Gasteiger partial charge in [-0.05, 0) is 0 Å². The zero-order chi connectivity index (χ0) is 8.72. The lowest BCUT2D eigenvalue weighted by Crippen LogP contribution is -2.30. The smallest absolute Gasteiger partial charge is 0.238 e. The summed E-state index contributed by atoms with van der Waals surface area (Å²) < 4.78 is 0. The van der Waals surface area contributed by atoms with E-state index in [0.717, 1.165) is 4.90 Å². The molecule has 0 unspecified atom stereocenters. The van der Waals surface area contributed by atoms with Crippen LogP contribution >= 0.6 is 0 Å². The predicted octanol–water partition coefficient (Wildman–Crippen LogP) is -0.209. The SMILES string of the molecule is C#CCN1C(=O)[C@H]2C=C[C@H]2C1=O. The Morgan fingerprint density at radius 2 is 1.83 bits per heavy atom. The second-order valence-corrected chi connectivity index (χ2v) is 2.90. The van der Waals surface area contributed by atoms with Crippen molar-refractivity contribution in [3.63, 3.8) is 0 Å². The van der Waals surface area contributed by atoms with Gasteiger partial charge in [0.15, 0.2) is 0 Å². The maximum Gasteiger partial charge on any atom is 0.238 e. The van der Waals surface area contributed by atoms with Crippen LogP contribution in [0.5, 0.6) is 0 Å². The monoisotopic (exact) mass is 161 g/mol. The van der Waals surface area contributed by atoms with Crippen molar-refractivity contribution in [3.05, 3.63) is 12.2 Å². The van der Waals surface area contributed by atoms with E-state index in [0.29, 0.717) is 0 Å². The first-order chi connectivity index (χ1) is 5.75. The van der Waals surface area contributed by atoms with E-state index in [1.807, 2.05) is 0 Å². The molecule has 0 spiro atoms. The molecule has 60 valence electrons. The molecule has 0 N–H and O–H groups in total. The molecule has 3 heteroatoms. The summed E-state index contributed by atoms with van der Waals surface area (Å²) in [6.07, 6.45) is 8.53. The van der Waals surface area contributed by atoms with E-state index < -0.39 is 0 Å². The fourth-order valence-corrected chi connectivity index (χ4v) is 1.52. The first-order valence-electron chi connectivity index (χ1n) is 3.72. The summed E-state index contributed by atoms with van der Waals surface area (Å²) in [6.45, 7) is 0.104. The van der Waals surface area contributed by atoms with Gasteiger partial charge in [0.1, 0.15) is 0 Å². The quantitative estimate of drug-likeness (QED) is 0.303. The van der Waals surface area contributed by atoms with E-state index in [1.165, 1.54) is 0 Å². The average molecular weight is 161 g/mol. The number of hydrogen-bond donors (Lipinski definition) is 0. The van der Waals surface area contributed by atoms with Crippen LogP contribution in [0.1, 0.15) is 0 Å². The number of carbonyl (C=O) groups is 2. The van der Waals surface area contributed by atoms with Crippen LogP contribution in [0.2, 0.25) is 0 Å². The molecule has 1 heterocycles. The highest BCUT2D eigenvalue weighted by molar-refractivity contribution is 6.08. The molecule has 2 atom stereocenters. The number of carbonyl (C=O) groups excluding carboxylic acids is 2. The first kappa shape index (κ1) is 7.11. The van der Waals surface area contributed by atoms with Crippen molar-refractivity contribution in [3.8, 4) is 12.3 Å². The van der Waals surface area contributed by atoms with Gasteiger partial charge < -0.3 is 0 Å². The summed E-state index contributed by atoms with van der Waals surface area (Å²) in [4.78, 5) is 23.8. The minimum atomic E-state index is -0.217. The normalized spacial score (nSPS) is 31.4. The molecule has 3 nitrogen and oxygen atoms in total. The third-order valence-corrected chi connectivity index (χ3v) is 2.26. The molecule has 1 fully saturated rings. The molecule has 1 aliphatic carbocycles. The lowest BCUT2D eigenvalue weighted by Gasteiger charge is -2.14. The van der Waals surface area contributed by atoms with Crippen LogP contribution < -0.4 is 0 Å². The highest BCUT2D eigenvalue weighted by Crippen LogP contribution is 2.35. The summed E-state index contributed by atoms with van der Waals surface area (Å²) in [5.41, 5.74) is 0. The fraction of sp³-hybridized carbons (Fsp3) is 0.333. The molecule has 0 aromatic carbocycles. The molecule has 2 aliphatic rings. The average Bonchev–Trinajstić information content (AvgIpc) is 2.09. The number of hydrogen-bond acceptors (Lipinski definition) is 2. The number of nitrogens with zero attached hydrogens (tertiary/aromatic N) is 1. The third-order valence-electron chi connectivity index (χ3n) is 2.26. The van der Waals surface area contributed by atoms with Gasteiger partial charge in [-0.25, -0.2) is 0 Å². The first-order valence-corrected chi connectivity index (χ1v) is 3.72. The molecular formula is C9H7NO2. The molecule has 0 saturated carbocycles. The molecule has 12 heavy (non-hydrogen) atoms. The fourth-order valence-electron chi connectivity index (χ4n) is 1.52. The minimum absolute atomic E-state index is 0.104. The van der Waals surface area contributed by atoms with Gasteiger partial charge in [-0.2, -0.15) is 0 Å². The van der Waals surface area contributed by atoms with Crippen LogP contribution in [0.3, 0.4) is 0 Å². The Bertz CT molecular complexity index is 300. The minimum Gasteiger partial charge on any atom is -0.274 e. The Morgan fingerprint density at radius 3 is 2.17 bits per heavy atom. The Kier molecular flexibility index (Phi) is 1.31. The van der Waals surface area contributed by atoms with Crippen LogP contribution in [0.15, 0.2) is 12.2 Å². The van der Waals surface area contributed by atoms with Crippen LogP contribution in [0.25, 0.3) is 0 Å². The zero-order valence-electron chi connectivity index (χ0n) is 6.36. The van der Waals surface area contributed by atoms with Crippen molar-refractivity contribution in [1.29, 1.82) is 0 Å². The van der Waals surface area contributed by atoms with Gasteiger partial charge in [-0.3, -0.25) is 14.5 Å². The summed E-state index contributed by atoms with van der Waals surface area (Å²) in [5, 5.41) is 0. The Morgan fingerprint density at radius 1 is 1.33 bits per heavy atom. The number of rotatable bonds is 1. The standard InChI is InChI=1S/C9H7NO2/c1-2-5-10-8(11)6-3-4-7(6)9(10)12/h1,3-4,6-7H,5H2/t6-,7+. The van der Waals surface area contributed by atoms with E-state index in [1.54, 1.807) is 12.2 Å². The molecule has 0 aromatic heterocycles. The van der Waals surface area contributed by atoms with Crippen LogP contribution in [-0.4, -0.2) is 23.3 Å². The lowest BCUT2D eigenvalue weighted by molar-refractivity contribution is -0.138. The predicted molar refractivity (Wildman–Crippen MR) is 41.7 cm³/mol. The summed E-state index contributed by atoms with van der Waals surface area (Å²) >= 11 is 0. The number of amides is 2. The zero-order valence-corrected chi connectivity index (χ0v) is 6.36. The van der Waals surface area contributed by atoms with Crippen molar-refractivity contribution in [2.24, 2.45) is 11.8 Å². The van der Waals surface area contributed by atoms with Crippen LogP contribution in [0, 0.1) is 24.2 Å². The van der Waals surface area contributed by atoms with Gasteiger partial charge in [0.05, 0.1) is 18.4 Å². The van der Waals surface area contributed by atoms with Gasteiger partial charge in [0.2, 0.25) is 11.8 Å². The van der Waals surface area contributed by atoms with Crippen LogP contribution in [0.4, 0.5) is 0 Å². The maximum atomic E-state index is 11.3. The van der Waals surface area contributed by atoms with E-state index in [2.05, 4.69) is 5.92 Å². The molecule has 1 saturated heterocycles. The highest BCUT2D eigenvalue weighted by atomic mass is 16.2. The maximum absolute atomic E-state index is 11.3. The molecule has 0 radical (unpaired) electrons. The number of imide groups is 1. The molecule has 0 bridgehead atoms. The third kappa shape index (κ3) is 0.668. The van der Waals surface area contributed by atoms with Crippen molar-refractivity contribution >= 4 is 11.8 Å². The molecular weight excluding hydrogens is 154 g/mol. The second-order valence-electron chi connectivity index (χ2n) is 2.90. The van der Waals surface area contributed by atoms with E-state index in [9.17, 15) is 9.59 Å². The van der Waals surface area contributed by atoms with Gasteiger partial charge >= 0.3 is 0 Å². The number of likely N-dealkylation sites (tertiary alicyclic amines) is 1. The largest absolute Gasteiger partial charge is 0.274 e. The van der Waals surface area contributed by atoms with Gasteiger partial charge in [0, 0.05) is 0 Å². The Hall–Kier alpha value is -1.56. The summed E-state index contributed by atoms with van der Waals surface area (Å²) in [5.74, 6) is 1.57. The Balaban J connectivity index is 2.25. The van der Waals surface area contributed by atoms with Crippen LogP contribution in [-0.2, 0) is 9.59 Å². The van der Waals surface area contributed by atoms with E-state index in [-0.39, 0.29) is 30.2 Å². The van der Waals surface area contributed by atoms with Crippen molar-refractivity contribution < 1.29 is 9.59 Å². The molecule has 1 aliphatic heterocycles. The van der Waals surface area contributed by atoms with Gasteiger partial charge in [-0.15, -0.1) is 6.42 Å². The molecule has 0 aromatic rings. The van der Waals surface area contributed by atoms with E-state index >= 15 is 0 Å². The number of terminal acetylenes is 1. The highest BCUT2D eigenvalue weighted by Gasteiger charge is 2.48. The van der Waals surface area contributed by atoms with E-state index in [4.69, 9.17) is 6.42 Å². The van der Waals surface area contributed by atoms with Crippen molar-refractivity contribution in [2.45, 2.75) is 0 Å².